The summed E-state index contributed by atoms with van der Waals surface area (Å²) in [6.07, 6.45) is 0.976. The van der Waals surface area contributed by atoms with E-state index in [1.807, 2.05) is 39.8 Å². The van der Waals surface area contributed by atoms with Gasteiger partial charge >= 0.3 is 12.2 Å². The molecule has 0 aliphatic heterocycles. The third-order valence-corrected chi connectivity index (χ3v) is 4.30. The number of rotatable bonds is 3. The first-order valence-corrected chi connectivity index (χ1v) is 8.64. The van der Waals surface area contributed by atoms with Gasteiger partial charge in [-0.3, -0.25) is 0 Å². The van der Waals surface area contributed by atoms with Gasteiger partial charge in [-0.1, -0.05) is 6.07 Å². The van der Waals surface area contributed by atoms with Crippen LogP contribution in [0.3, 0.4) is 0 Å². The van der Waals surface area contributed by atoms with E-state index in [1.165, 1.54) is 10.5 Å². The average Bonchev–Trinajstić information content (AvgIpc) is 2.94. The summed E-state index contributed by atoms with van der Waals surface area (Å²) in [6, 6.07) is 5.55. The quantitative estimate of drug-likeness (QED) is 0.829. The molecular weight excluding hydrogens is 320 g/mol. The second kappa shape index (κ2) is 7.33. The Balaban J connectivity index is 2.16. The van der Waals surface area contributed by atoms with Gasteiger partial charge in [0.05, 0.1) is 6.04 Å². The normalized spacial score (nSPS) is 16.2. The number of ether oxygens (including phenoxy) is 2. The third kappa shape index (κ3) is 4.65. The number of carbonyl (C=O) groups excluding carboxylic acids is 2. The Hall–Kier alpha value is -2.24. The number of amides is 2. The van der Waals surface area contributed by atoms with E-state index in [0.29, 0.717) is 12.3 Å². The van der Waals surface area contributed by atoms with Gasteiger partial charge in [-0.25, -0.2) is 9.59 Å². The SMILES string of the molecule is CCN(C)C(=O)Oc1ccc2c(c1)[C@H](N(C)C(=O)OC(C)(C)C)CC2. The van der Waals surface area contributed by atoms with Crippen molar-refractivity contribution in [2.75, 3.05) is 20.6 Å². The lowest BCUT2D eigenvalue weighted by molar-refractivity contribution is 0.0220. The minimum absolute atomic E-state index is 0.0765. The summed E-state index contributed by atoms with van der Waals surface area (Å²) < 4.78 is 10.9. The molecule has 0 unspecified atom stereocenters. The molecule has 25 heavy (non-hydrogen) atoms. The lowest BCUT2D eigenvalue weighted by Gasteiger charge is -2.29. The molecule has 2 rings (SSSR count). The second-order valence-electron chi connectivity index (χ2n) is 7.39. The van der Waals surface area contributed by atoms with E-state index < -0.39 is 11.7 Å². The Kier molecular flexibility index (Phi) is 5.60. The lowest BCUT2D eigenvalue weighted by Crippen LogP contribution is -2.36. The molecular formula is C19H28N2O4. The van der Waals surface area contributed by atoms with Gasteiger partial charge in [-0.05, 0) is 63.8 Å². The van der Waals surface area contributed by atoms with Crippen LogP contribution in [-0.4, -0.2) is 48.2 Å². The zero-order chi connectivity index (χ0) is 18.8. The first-order chi connectivity index (χ1) is 11.6. The standard InChI is InChI=1S/C19H28N2O4/c1-7-20(5)17(22)24-14-10-8-13-9-11-16(15(13)12-14)21(6)18(23)25-19(2,3)4/h8,10,12,16H,7,9,11H2,1-6H3/t16-/m1/s1. The molecule has 6 heteroatoms. The van der Waals surface area contributed by atoms with E-state index in [0.717, 1.165) is 18.4 Å². The van der Waals surface area contributed by atoms with Crippen molar-refractivity contribution in [3.8, 4) is 5.75 Å². The highest BCUT2D eigenvalue weighted by Gasteiger charge is 2.31. The van der Waals surface area contributed by atoms with E-state index in [1.54, 1.807) is 25.1 Å². The van der Waals surface area contributed by atoms with Crippen molar-refractivity contribution >= 4 is 12.2 Å². The number of nitrogens with zero attached hydrogens (tertiary/aromatic N) is 2. The van der Waals surface area contributed by atoms with E-state index in [4.69, 9.17) is 9.47 Å². The molecule has 1 aromatic carbocycles. The van der Waals surface area contributed by atoms with Crippen LogP contribution >= 0.6 is 0 Å². The van der Waals surface area contributed by atoms with Crippen molar-refractivity contribution < 1.29 is 19.1 Å². The van der Waals surface area contributed by atoms with Crippen LogP contribution in [0.5, 0.6) is 5.75 Å². The highest BCUT2D eigenvalue weighted by atomic mass is 16.6. The number of hydrogen-bond acceptors (Lipinski definition) is 4. The number of fused-ring (bicyclic) bond motifs is 1. The Morgan fingerprint density at radius 2 is 1.88 bits per heavy atom. The smallest absolute Gasteiger partial charge is 0.414 e. The maximum Gasteiger partial charge on any atom is 0.414 e. The third-order valence-electron chi connectivity index (χ3n) is 4.30. The predicted octanol–water partition coefficient (Wildman–Crippen LogP) is 3.99. The largest absolute Gasteiger partial charge is 0.444 e. The van der Waals surface area contributed by atoms with Crippen LogP contribution in [0.1, 0.15) is 51.3 Å². The molecule has 138 valence electrons. The molecule has 2 amide bonds. The van der Waals surface area contributed by atoms with E-state index in [9.17, 15) is 9.59 Å². The zero-order valence-corrected chi connectivity index (χ0v) is 16.0. The Bertz CT molecular complexity index is 651. The minimum atomic E-state index is -0.533. The Morgan fingerprint density at radius 3 is 2.48 bits per heavy atom. The number of carbonyl (C=O) groups is 2. The molecule has 0 bridgehead atoms. The van der Waals surface area contributed by atoms with Crippen molar-refractivity contribution in [2.24, 2.45) is 0 Å². The Labute approximate surface area is 149 Å². The van der Waals surface area contributed by atoms with Crippen LogP contribution in [0.4, 0.5) is 9.59 Å². The highest BCUT2D eigenvalue weighted by molar-refractivity contribution is 5.71. The molecule has 0 N–H and O–H groups in total. The van der Waals surface area contributed by atoms with Crippen LogP contribution in [0.25, 0.3) is 0 Å². The van der Waals surface area contributed by atoms with E-state index >= 15 is 0 Å². The molecule has 0 radical (unpaired) electrons. The molecule has 0 aromatic heterocycles. The van der Waals surface area contributed by atoms with Gasteiger partial charge in [-0.15, -0.1) is 0 Å². The van der Waals surface area contributed by atoms with E-state index in [-0.39, 0.29) is 12.1 Å². The average molecular weight is 348 g/mol. The van der Waals surface area contributed by atoms with Gasteiger partial charge in [0, 0.05) is 20.6 Å². The topological polar surface area (TPSA) is 59.1 Å². The summed E-state index contributed by atoms with van der Waals surface area (Å²) in [7, 11) is 3.44. The van der Waals surface area contributed by atoms with Crippen LogP contribution in [0.15, 0.2) is 18.2 Å². The minimum Gasteiger partial charge on any atom is -0.444 e. The highest BCUT2D eigenvalue weighted by Crippen LogP contribution is 2.37. The van der Waals surface area contributed by atoms with Crippen LogP contribution in [0.2, 0.25) is 0 Å². The molecule has 0 heterocycles. The van der Waals surface area contributed by atoms with Crippen LogP contribution < -0.4 is 4.74 Å². The summed E-state index contributed by atoms with van der Waals surface area (Å²) in [5.74, 6) is 0.494. The molecule has 1 aliphatic rings. The fourth-order valence-electron chi connectivity index (χ4n) is 2.79. The second-order valence-corrected chi connectivity index (χ2v) is 7.39. The maximum absolute atomic E-state index is 12.4. The summed E-state index contributed by atoms with van der Waals surface area (Å²) in [4.78, 5) is 27.4. The zero-order valence-electron chi connectivity index (χ0n) is 16.0. The fourth-order valence-corrected chi connectivity index (χ4v) is 2.79. The van der Waals surface area contributed by atoms with Gasteiger partial charge in [0.2, 0.25) is 0 Å². The molecule has 1 aliphatic carbocycles. The molecule has 0 spiro atoms. The number of hydrogen-bond donors (Lipinski definition) is 0. The van der Waals surface area contributed by atoms with Gasteiger partial charge in [0.25, 0.3) is 0 Å². The molecule has 0 fully saturated rings. The Morgan fingerprint density at radius 1 is 1.20 bits per heavy atom. The number of aryl methyl sites for hydroxylation is 1. The first-order valence-electron chi connectivity index (χ1n) is 8.64. The molecule has 0 saturated carbocycles. The fraction of sp³-hybridized carbons (Fsp3) is 0.579. The monoisotopic (exact) mass is 348 g/mol. The van der Waals surface area contributed by atoms with Crippen LogP contribution in [0, 0.1) is 0 Å². The van der Waals surface area contributed by atoms with E-state index in [2.05, 4.69) is 0 Å². The van der Waals surface area contributed by atoms with Crippen molar-refractivity contribution in [3.05, 3.63) is 29.3 Å². The summed E-state index contributed by atoms with van der Waals surface area (Å²) >= 11 is 0. The van der Waals surface area contributed by atoms with Crippen molar-refractivity contribution in [1.29, 1.82) is 0 Å². The van der Waals surface area contributed by atoms with Gasteiger partial charge in [-0.2, -0.15) is 0 Å². The summed E-state index contributed by atoms with van der Waals surface area (Å²) in [5, 5.41) is 0. The lowest BCUT2D eigenvalue weighted by atomic mass is 10.1. The first kappa shape index (κ1) is 19.1. The summed E-state index contributed by atoms with van der Waals surface area (Å²) in [5.41, 5.74) is 1.65. The van der Waals surface area contributed by atoms with Gasteiger partial charge in [0.1, 0.15) is 11.4 Å². The molecule has 0 saturated heterocycles. The molecule has 1 aromatic rings. The van der Waals surface area contributed by atoms with Gasteiger partial charge < -0.3 is 19.3 Å². The van der Waals surface area contributed by atoms with Crippen molar-refractivity contribution in [1.82, 2.24) is 9.80 Å². The van der Waals surface area contributed by atoms with Crippen LogP contribution in [-0.2, 0) is 11.2 Å². The predicted molar refractivity (Wildman–Crippen MR) is 95.8 cm³/mol. The maximum atomic E-state index is 12.4. The van der Waals surface area contributed by atoms with Crippen molar-refractivity contribution in [3.63, 3.8) is 0 Å². The summed E-state index contributed by atoms with van der Waals surface area (Å²) in [6.45, 7) is 8.01. The van der Waals surface area contributed by atoms with Crippen molar-refractivity contribution in [2.45, 2.75) is 52.2 Å². The number of benzene rings is 1. The molecule has 6 nitrogen and oxygen atoms in total. The van der Waals surface area contributed by atoms with Gasteiger partial charge in [0.15, 0.2) is 0 Å². The molecule has 1 atom stereocenters.